The van der Waals surface area contributed by atoms with Gasteiger partial charge in [-0.25, -0.2) is 0 Å². The predicted octanol–water partition coefficient (Wildman–Crippen LogP) is 4.12. The number of carbonyl (C=O) groups is 2. The number of carbonyl (C=O) groups excluding carboxylic acids is 2. The Morgan fingerprint density at radius 2 is 1.54 bits per heavy atom. The Bertz CT molecular complexity index is 809. The molecule has 0 aliphatic heterocycles. The molecule has 0 aromatic heterocycles. The van der Waals surface area contributed by atoms with Crippen molar-refractivity contribution in [3.8, 4) is 0 Å². The number of aryl methyl sites for hydroxylation is 1. The number of rotatable bonds is 8. The molecule has 0 radical (unpaired) electrons. The lowest BCUT2D eigenvalue weighted by atomic mass is 9.90. The van der Waals surface area contributed by atoms with Crippen LogP contribution in [-0.4, -0.2) is 24.9 Å². The van der Waals surface area contributed by atoms with Gasteiger partial charge in [0.1, 0.15) is 5.41 Å². The van der Waals surface area contributed by atoms with Crippen LogP contribution in [0.2, 0.25) is 0 Å². The van der Waals surface area contributed by atoms with Crippen molar-refractivity contribution < 1.29 is 9.59 Å². The molecule has 0 heterocycles. The summed E-state index contributed by atoms with van der Waals surface area (Å²) in [5.74, 6) is -0.626. The molecule has 0 saturated heterocycles. The van der Waals surface area contributed by atoms with Gasteiger partial charge < -0.3 is 15.5 Å². The van der Waals surface area contributed by atoms with Crippen molar-refractivity contribution in [3.05, 3.63) is 59.7 Å². The number of nitrogens with one attached hydrogen (secondary N) is 2. The fourth-order valence-electron chi connectivity index (χ4n) is 2.94. The Morgan fingerprint density at radius 1 is 0.929 bits per heavy atom. The molecule has 0 bridgehead atoms. The fraction of sp³-hybridized carbons (Fsp3) is 0.391. The maximum atomic E-state index is 12.7. The van der Waals surface area contributed by atoms with Gasteiger partial charge in [-0.2, -0.15) is 0 Å². The molecule has 0 saturated carbocycles. The number of benzene rings is 2. The van der Waals surface area contributed by atoms with E-state index >= 15 is 0 Å². The third kappa shape index (κ3) is 5.12. The number of hydrogen-bond acceptors (Lipinski definition) is 3. The van der Waals surface area contributed by atoms with Gasteiger partial charge in [-0.3, -0.25) is 9.59 Å². The third-order valence-corrected chi connectivity index (χ3v) is 5.09. The van der Waals surface area contributed by atoms with Gasteiger partial charge in [0.05, 0.1) is 0 Å². The van der Waals surface area contributed by atoms with Gasteiger partial charge in [0, 0.05) is 31.0 Å². The zero-order chi connectivity index (χ0) is 20.7. The maximum absolute atomic E-state index is 12.7. The van der Waals surface area contributed by atoms with Crippen LogP contribution in [0.5, 0.6) is 0 Å². The average Bonchev–Trinajstić information content (AvgIpc) is 2.69. The van der Waals surface area contributed by atoms with E-state index in [9.17, 15) is 9.59 Å². The molecule has 2 amide bonds. The van der Waals surface area contributed by atoms with Crippen molar-refractivity contribution in [2.45, 2.75) is 41.2 Å². The summed E-state index contributed by atoms with van der Waals surface area (Å²) in [6.07, 6.45) is 0. The Balaban J connectivity index is 1.99. The third-order valence-electron chi connectivity index (χ3n) is 5.09. The van der Waals surface area contributed by atoms with Crippen LogP contribution in [0.3, 0.4) is 0 Å². The zero-order valence-electron chi connectivity index (χ0n) is 17.5. The minimum absolute atomic E-state index is 0.298. The van der Waals surface area contributed by atoms with Gasteiger partial charge in [-0.05, 0) is 70.0 Å². The van der Waals surface area contributed by atoms with Gasteiger partial charge in [0.25, 0.3) is 0 Å². The highest BCUT2D eigenvalue weighted by Gasteiger charge is 2.36. The second-order valence-electron chi connectivity index (χ2n) is 7.41. The van der Waals surface area contributed by atoms with Crippen molar-refractivity contribution >= 4 is 23.2 Å². The molecular weight excluding hydrogens is 350 g/mol. The van der Waals surface area contributed by atoms with Crippen LogP contribution in [0.25, 0.3) is 0 Å². The Hall–Kier alpha value is -2.82. The lowest BCUT2D eigenvalue weighted by molar-refractivity contribution is -0.138. The smallest absolute Gasteiger partial charge is 0.239 e. The molecule has 0 atom stereocenters. The predicted molar refractivity (Wildman–Crippen MR) is 115 cm³/mol. The molecule has 0 aliphatic carbocycles. The van der Waals surface area contributed by atoms with Crippen LogP contribution in [0.1, 0.15) is 38.8 Å². The van der Waals surface area contributed by atoms with E-state index in [1.807, 2.05) is 55.5 Å². The van der Waals surface area contributed by atoms with E-state index in [4.69, 9.17) is 0 Å². The van der Waals surface area contributed by atoms with E-state index in [1.165, 1.54) is 0 Å². The lowest BCUT2D eigenvalue weighted by Gasteiger charge is -2.24. The molecule has 5 heteroatoms. The van der Waals surface area contributed by atoms with E-state index in [0.29, 0.717) is 12.2 Å². The minimum atomic E-state index is -1.18. The van der Waals surface area contributed by atoms with Gasteiger partial charge in [-0.15, -0.1) is 0 Å². The highest BCUT2D eigenvalue weighted by Crippen LogP contribution is 2.22. The maximum Gasteiger partial charge on any atom is 0.239 e. The SMILES string of the molecule is CCN(CC)c1ccc(NC(=O)C(C)(C)C(=O)NCc2ccccc2C)cc1. The molecule has 5 nitrogen and oxygen atoms in total. The molecule has 0 spiro atoms. The molecule has 2 rings (SSSR count). The molecule has 150 valence electrons. The van der Waals surface area contributed by atoms with Gasteiger partial charge >= 0.3 is 0 Å². The number of amides is 2. The summed E-state index contributed by atoms with van der Waals surface area (Å²) >= 11 is 0. The molecular formula is C23H31N3O2. The molecule has 0 fully saturated rings. The van der Waals surface area contributed by atoms with Gasteiger partial charge in [0.15, 0.2) is 0 Å². The number of anilines is 2. The number of nitrogens with zero attached hydrogens (tertiary/aromatic N) is 1. The van der Waals surface area contributed by atoms with E-state index in [0.717, 1.165) is 29.9 Å². The monoisotopic (exact) mass is 381 g/mol. The summed E-state index contributed by atoms with van der Waals surface area (Å²) in [5.41, 5.74) is 2.76. The van der Waals surface area contributed by atoms with Crippen molar-refractivity contribution in [3.63, 3.8) is 0 Å². The lowest BCUT2D eigenvalue weighted by Crippen LogP contribution is -2.44. The first-order valence-corrected chi connectivity index (χ1v) is 9.78. The van der Waals surface area contributed by atoms with Gasteiger partial charge in [0.2, 0.25) is 11.8 Å². The second kappa shape index (κ2) is 9.40. The molecule has 0 unspecified atom stereocenters. The van der Waals surface area contributed by atoms with Crippen LogP contribution in [-0.2, 0) is 16.1 Å². The first-order valence-electron chi connectivity index (χ1n) is 9.78. The zero-order valence-corrected chi connectivity index (χ0v) is 17.5. The van der Waals surface area contributed by atoms with Crippen LogP contribution in [0, 0.1) is 12.3 Å². The van der Waals surface area contributed by atoms with Crippen molar-refractivity contribution in [1.29, 1.82) is 0 Å². The molecule has 0 aliphatic rings. The highest BCUT2D eigenvalue weighted by molar-refractivity contribution is 6.09. The summed E-state index contributed by atoms with van der Waals surface area (Å²) in [4.78, 5) is 27.6. The summed E-state index contributed by atoms with van der Waals surface area (Å²) in [6.45, 7) is 11.8. The Labute approximate surface area is 168 Å². The first-order chi connectivity index (χ1) is 13.3. The molecule has 2 aromatic carbocycles. The fourth-order valence-corrected chi connectivity index (χ4v) is 2.94. The quantitative estimate of drug-likeness (QED) is 0.676. The summed E-state index contributed by atoms with van der Waals surface area (Å²) in [5, 5.41) is 5.74. The summed E-state index contributed by atoms with van der Waals surface area (Å²) in [7, 11) is 0. The molecule has 2 N–H and O–H groups in total. The highest BCUT2D eigenvalue weighted by atomic mass is 16.2. The van der Waals surface area contributed by atoms with E-state index in [-0.39, 0.29) is 11.8 Å². The van der Waals surface area contributed by atoms with E-state index in [2.05, 4.69) is 29.4 Å². The molecule has 2 aromatic rings. The molecule has 28 heavy (non-hydrogen) atoms. The van der Waals surface area contributed by atoms with Crippen LogP contribution < -0.4 is 15.5 Å². The second-order valence-corrected chi connectivity index (χ2v) is 7.41. The van der Waals surface area contributed by atoms with Crippen molar-refractivity contribution in [1.82, 2.24) is 5.32 Å². The normalized spacial score (nSPS) is 11.0. The summed E-state index contributed by atoms with van der Waals surface area (Å²) in [6, 6.07) is 15.6. The Kier molecular flexibility index (Phi) is 7.21. The van der Waals surface area contributed by atoms with Crippen LogP contribution >= 0.6 is 0 Å². The minimum Gasteiger partial charge on any atom is -0.372 e. The number of hydrogen-bond donors (Lipinski definition) is 2. The van der Waals surface area contributed by atoms with E-state index in [1.54, 1.807) is 13.8 Å². The van der Waals surface area contributed by atoms with Gasteiger partial charge in [-0.1, -0.05) is 24.3 Å². The standard InChI is InChI=1S/C23H31N3O2/c1-6-26(7-2)20-14-12-19(13-15-20)25-22(28)23(4,5)21(27)24-16-18-11-9-8-10-17(18)3/h8-15H,6-7,16H2,1-5H3,(H,24,27)(H,25,28). The summed E-state index contributed by atoms with van der Waals surface area (Å²) < 4.78 is 0. The van der Waals surface area contributed by atoms with Crippen molar-refractivity contribution in [2.24, 2.45) is 5.41 Å². The average molecular weight is 382 g/mol. The topological polar surface area (TPSA) is 61.4 Å². The van der Waals surface area contributed by atoms with Crippen molar-refractivity contribution in [2.75, 3.05) is 23.3 Å². The van der Waals surface area contributed by atoms with Crippen LogP contribution in [0.4, 0.5) is 11.4 Å². The van der Waals surface area contributed by atoms with E-state index < -0.39 is 5.41 Å². The Morgan fingerprint density at radius 3 is 2.11 bits per heavy atom. The largest absolute Gasteiger partial charge is 0.372 e. The van der Waals surface area contributed by atoms with Crippen LogP contribution in [0.15, 0.2) is 48.5 Å². The first kappa shape index (κ1) is 21.5.